The SMILES string of the molecule is CCOc1cc(/C=N\NC(=O)C(=O)NCc2ccc3c(c2)OCO3)ccc1OCC(=O)Nc1ccc(Br)c(C)c1. The predicted molar refractivity (Wildman–Crippen MR) is 151 cm³/mol. The molecule has 1 heterocycles. The number of anilines is 1. The van der Waals surface area contributed by atoms with E-state index in [1.54, 1.807) is 42.5 Å². The van der Waals surface area contributed by atoms with E-state index in [-0.39, 0.29) is 25.9 Å². The monoisotopic (exact) mass is 610 g/mol. The molecule has 3 aromatic rings. The number of hydrazone groups is 1. The fourth-order valence-electron chi connectivity index (χ4n) is 3.59. The minimum Gasteiger partial charge on any atom is -0.490 e. The Kier molecular flexibility index (Phi) is 9.57. The van der Waals surface area contributed by atoms with Crippen LogP contribution in [0.3, 0.4) is 0 Å². The van der Waals surface area contributed by atoms with Gasteiger partial charge >= 0.3 is 11.8 Å². The molecule has 0 spiro atoms. The maximum absolute atomic E-state index is 12.4. The van der Waals surface area contributed by atoms with Crippen molar-refractivity contribution in [1.82, 2.24) is 10.7 Å². The Bertz CT molecular complexity index is 1440. The van der Waals surface area contributed by atoms with Gasteiger partial charge in [0.05, 0.1) is 12.8 Å². The first-order chi connectivity index (χ1) is 19.3. The summed E-state index contributed by atoms with van der Waals surface area (Å²) >= 11 is 3.43. The molecule has 1 aliphatic rings. The number of ether oxygens (including phenoxy) is 4. The van der Waals surface area contributed by atoms with E-state index >= 15 is 0 Å². The molecule has 4 rings (SSSR count). The van der Waals surface area contributed by atoms with Crippen LogP contribution in [0.25, 0.3) is 0 Å². The third-order valence-corrected chi connectivity index (χ3v) is 6.43. The number of nitrogens with zero attached hydrogens (tertiary/aromatic N) is 1. The van der Waals surface area contributed by atoms with Crippen LogP contribution in [0.15, 0.2) is 64.2 Å². The molecule has 3 amide bonds. The van der Waals surface area contributed by atoms with Crippen LogP contribution in [-0.2, 0) is 20.9 Å². The molecular formula is C28H27BrN4O7. The molecule has 0 unspecified atom stereocenters. The van der Waals surface area contributed by atoms with Crippen LogP contribution >= 0.6 is 15.9 Å². The van der Waals surface area contributed by atoms with Crippen molar-refractivity contribution in [2.75, 3.05) is 25.3 Å². The lowest BCUT2D eigenvalue weighted by atomic mass is 10.2. The highest BCUT2D eigenvalue weighted by atomic mass is 79.9. The van der Waals surface area contributed by atoms with Crippen LogP contribution in [0.4, 0.5) is 5.69 Å². The fourth-order valence-corrected chi connectivity index (χ4v) is 3.83. The number of hydrogen-bond donors (Lipinski definition) is 3. The molecule has 0 atom stereocenters. The van der Waals surface area contributed by atoms with Crippen molar-refractivity contribution in [3.63, 3.8) is 0 Å². The van der Waals surface area contributed by atoms with Gasteiger partial charge in [-0.3, -0.25) is 14.4 Å². The highest BCUT2D eigenvalue weighted by molar-refractivity contribution is 9.10. The number of halogens is 1. The van der Waals surface area contributed by atoms with Gasteiger partial charge in [-0.25, -0.2) is 5.43 Å². The van der Waals surface area contributed by atoms with Gasteiger partial charge in [-0.05, 0) is 79.1 Å². The first-order valence-corrected chi connectivity index (χ1v) is 13.1. The van der Waals surface area contributed by atoms with Crippen molar-refractivity contribution in [2.24, 2.45) is 5.10 Å². The van der Waals surface area contributed by atoms with Gasteiger partial charge in [-0.1, -0.05) is 22.0 Å². The van der Waals surface area contributed by atoms with E-state index in [2.05, 4.69) is 37.1 Å². The largest absolute Gasteiger partial charge is 0.490 e. The van der Waals surface area contributed by atoms with Crippen molar-refractivity contribution < 1.29 is 33.3 Å². The van der Waals surface area contributed by atoms with E-state index in [0.29, 0.717) is 40.9 Å². The molecule has 3 N–H and O–H groups in total. The lowest BCUT2D eigenvalue weighted by Gasteiger charge is -2.13. The second-order valence-corrected chi connectivity index (χ2v) is 9.36. The molecule has 1 aliphatic heterocycles. The zero-order chi connectivity index (χ0) is 28.5. The van der Waals surface area contributed by atoms with Gasteiger partial charge in [0.2, 0.25) is 6.79 Å². The Morgan fingerprint density at radius 3 is 2.60 bits per heavy atom. The first kappa shape index (κ1) is 28.4. The van der Waals surface area contributed by atoms with E-state index in [9.17, 15) is 14.4 Å². The summed E-state index contributed by atoms with van der Waals surface area (Å²) in [6, 6.07) is 15.7. The summed E-state index contributed by atoms with van der Waals surface area (Å²) in [5.74, 6) is -0.109. The summed E-state index contributed by atoms with van der Waals surface area (Å²) < 4.78 is 22.8. The molecule has 0 saturated carbocycles. The molecule has 40 heavy (non-hydrogen) atoms. The number of carbonyl (C=O) groups is 3. The van der Waals surface area contributed by atoms with Crippen LogP contribution < -0.4 is 35.0 Å². The van der Waals surface area contributed by atoms with Crippen LogP contribution in [0.2, 0.25) is 0 Å². The normalized spacial score (nSPS) is 11.7. The van der Waals surface area contributed by atoms with E-state index in [1.807, 2.05) is 26.0 Å². The average molecular weight is 611 g/mol. The first-order valence-electron chi connectivity index (χ1n) is 12.3. The Hall–Kier alpha value is -4.58. The maximum atomic E-state index is 12.4. The molecule has 0 saturated heterocycles. The maximum Gasteiger partial charge on any atom is 0.329 e. The highest BCUT2D eigenvalue weighted by Crippen LogP contribution is 2.32. The zero-order valence-corrected chi connectivity index (χ0v) is 23.4. The molecule has 3 aromatic carbocycles. The van der Waals surface area contributed by atoms with E-state index in [4.69, 9.17) is 18.9 Å². The third kappa shape index (κ3) is 7.73. The molecule has 0 fully saturated rings. The number of benzene rings is 3. The number of amides is 3. The fraction of sp³-hybridized carbons (Fsp3) is 0.214. The smallest absolute Gasteiger partial charge is 0.329 e. The van der Waals surface area contributed by atoms with Crippen molar-refractivity contribution in [3.8, 4) is 23.0 Å². The van der Waals surface area contributed by atoms with Gasteiger partial charge in [-0.15, -0.1) is 0 Å². The van der Waals surface area contributed by atoms with Gasteiger partial charge in [0.15, 0.2) is 29.6 Å². The van der Waals surface area contributed by atoms with Crippen LogP contribution in [0.1, 0.15) is 23.6 Å². The van der Waals surface area contributed by atoms with Gasteiger partial charge in [0.1, 0.15) is 0 Å². The van der Waals surface area contributed by atoms with Crippen LogP contribution in [0.5, 0.6) is 23.0 Å². The van der Waals surface area contributed by atoms with Gasteiger partial charge in [0.25, 0.3) is 5.91 Å². The summed E-state index contributed by atoms with van der Waals surface area (Å²) in [5, 5.41) is 9.16. The molecule has 11 nitrogen and oxygen atoms in total. The van der Waals surface area contributed by atoms with Crippen LogP contribution in [0, 0.1) is 6.92 Å². The van der Waals surface area contributed by atoms with Crippen molar-refractivity contribution >= 4 is 45.6 Å². The summed E-state index contributed by atoms with van der Waals surface area (Å²) in [5.41, 5.74) is 5.17. The molecule has 208 valence electrons. The number of hydrogen-bond acceptors (Lipinski definition) is 8. The molecule has 0 aliphatic carbocycles. The summed E-state index contributed by atoms with van der Waals surface area (Å²) in [7, 11) is 0. The minimum atomic E-state index is -0.922. The lowest BCUT2D eigenvalue weighted by Crippen LogP contribution is -2.37. The summed E-state index contributed by atoms with van der Waals surface area (Å²) in [6.45, 7) is 4.17. The molecule has 12 heteroatoms. The number of rotatable bonds is 10. The molecule has 0 radical (unpaired) electrons. The lowest BCUT2D eigenvalue weighted by molar-refractivity contribution is -0.139. The second-order valence-electron chi connectivity index (χ2n) is 8.51. The number of aryl methyl sites for hydroxylation is 1. The summed E-state index contributed by atoms with van der Waals surface area (Å²) in [4.78, 5) is 36.6. The number of nitrogens with one attached hydrogen (secondary N) is 3. The standard InChI is InChI=1S/C28H27BrN4O7/c1-3-37-24-12-19(5-8-22(24)38-15-26(34)32-20-6-7-21(29)17(2)10-20)14-31-33-28(36)27(35)30-13-18-4-9-23-25(11-18)40-16-39-23/h4-12,14H,3,13,15-16H2,1-2H3,(H,30,35)(H,32,34)(H,33,36)/b31-14-. The average Bonchev–Trinajstić information content (AvgIpc) is 3.41. The Morgan fingerprint density at radius 2 is 1.80 bits per heavy atom. The minimum absolute atomic E-state index is 0.132. The van der Waals surface area contributed by atoms with Gasteiger partial charge in [0, 0.05) is 16.7 Å². The topological polar surface area (TPSA) is 137 Å². The van der Waals surface area contributed by atoms with Gasteiger partial charge in [-0.2, -0.15) is 5.10 Å². The highest BCUT2D eigenvalue weighted by Gasteiger charge is 2.16. The van der Waals surface area contributed by atoms with Crippen LogP contribution in [-0.4, -0.2) is 43.9 Å². The quantitative estimate of drug-likeness (QED) is 0.181. The molecular weight excluding hydrogens is 584 g/mol. The number of fused-ring (bicyclic) bond motifs is 1. The Morgan fingerprint density at radius 1 is 0.975 bits per heavy atom. The second kappa shape index (κ2) is 13.5. The zero-order valence-electron chi connectivity index (χ0n) is 21.8. The predicted octanol–water partition coefficient (Wildman–Crippen LogP) is 3.67. The molecule has 0 aromatic heterocycles. The summed E-state index contributed by atoms with van der Waals surface area (Å²) in [6.07, 6.45) is 1.36. The van der Waals surface area contributed by atoms with E-state index in [0.717, 1.165) is 15.6 Å². The number of carbonyl (C=O) groups excluding carboxylic acids is 3. The Labute approximate surface area is 239 Å². The van der Waals surface area contributed by atoms with Crippen molar-refractivity contribution in [2.45, 2.75) is 20.4 Å². The third-order valence-electron chi connectivity index (χ3n) is 5.54. The Balaban J connectivity index is 1.27. The van der Waals surface area contributed by atoms with E-state index in [1.165, 1.54) is 6.21 Å². The van der Waals surface area contributed by atoms with Crippen molar-refractivity contribution in [1.29, 1.82) is 0 Å². The van der Waals surface area contributed by atoms with Gasteiger partial charge < -0.3 is 29.6 Å². The molecule has 0 bridgehead atoms. The van der Waals surface area contributed by atoms with Crippen molar-refractivity contribution in [3.05, 3.63) is 75.8 Å². The van der Waals surface area contributed by atoms with E-state index < -0.39 is 11.8 Å².